The van der Waals surface area contributed by atoms with E-state index in [1.54, 1.807) is 23.0 Å². The molecule has 1 N–H and O–H groups in total. The van der Waals surface area contributed by atoms with Gasteiger partial charge < -0.3 is 5.32 Å². The molecule has 0 saturated heterocycles. The van der Waals surface area contributed by atoms with Gasteiger partial charge in [0.2, 0.25) is 5.91 Å². The highest BCUT2D eigenvalue weighted by Gasteiger charge is 2.15. The summed E-state index contributed by atoms with van der Waals surface area (Å²) in [6, 6.07) is 6.29. The molecule has 0 saturated carbocycles. The van der Waals surface area contributed by atoms with Crippen LogP contribution in [-0.2, 0) is 18.4 Å². The number of likely N-dealkylation sites (N-methyl/N-ethyl adjacent to an activating group) is 1. The van der Waals surface area contributed by atoms with Crippen molar-refractivity contribution in [1.29, 1.82) is 0 Å². The van der Waals surface area contributed by atoms with Gasteiger partial charge in [-0.05, 0) is 31.2 Å². The van der Waals surface area contributed by atoms with Gasteiger partial charge in [-0.15, -0.1) is 0 Å². The number of rotatable bonds is 7. The fraction of sp³-hybridized carbons (Fsp3) is 0.412. The van der Waals surface area contributed by atoms with Gasteiger partial charge in [-0.25, -0.2) is 4.39 Å². The number of amides is 1. The molecule has 0 aliphatic carbocycles. The second-order valence-electron chi connectivity index (χ2n) is 5.77. The number of carbonyl (C=O) groups is 1. The third kappa shape index (κ3) is 5.17. The van der Waals surface area contributed by atoms with E-state index in [0.29, 0.717) is 6.54 Å². The number of hydrogen-bond acceptors (Lipinski definition) is 3. The van der Waals surface area contributed by atoms with Crippen LogP contribution in [0.2, 0.25) is 0 Å². The lowest BCUT2D eigenvalue weighted by atomic mass is 10.1. The first-order valence-corrected chi connectivity index (χ1v) is 7.68. The van der Waals surface area contributed by atoms with Gasteiger partial charge in [-0.2, -0.15) is 5.10 Å². The summed E-state index contributed by atoms with van der Waals surface area (Å²) in [5.41, 5.74) is 1.98. The van der Waals surface area contributed by atoms with Crippen LogP contribution in [0.25, 0.3) is 0 Å². The van der Waals surface area contributed by atoms with Crippen molar-refractivity contribution in [3.8, 4) is 0 Å². The van der Waals surface area contributed by atoms with E-state index in [-0.39, 0.29) is 24.3 Å². The number of aryl methyl sites for hydroxylation is 1. The SMILES string of the molecule is CCC(NC(=O)CN(C)Cc1ccc(F)cc1)c1cnn(C)c1. The molecular weight excluding hydrogens is 295 g/mol. The molecule has 0 aliphatic heterocycles. The van der Waals surface area contributed by atoms with Crippen molar-refractivity contribution in [2.75, 3.05) is 13.6 Å². The van der Waals surface area contributed by atoms with Crippen molar-refractivity contribution in [2.45, 2.75) is 25.9 Å². The van der Waals surface area contributed by atoms with Crippen LogP contribution < -0.4 is 5.32 Å². The summed E-state index contributed by atoms with van der Waals surface area (Å²) in [5.74, 6) is -0.290. The molecule has 124 valence electrons. The number of hydrogen-bond donors (Lipinski definition) is 1. The summed E-state index contributed by atoms with van der Waals surface area (Å²) in [6.45, 7) is 2.91. The normalized spacial score (nSPS) is 12.4. The Morgan fingerprint density at radius 1 is 1.39 bits per heavy atom. The predicted octanol–water partition coefficient (Wildman–Crippen LogP) is 2.26. The van der Waals surface area contributed by atoms with E-state index in [1.807, 2.05) is 32.1 Å². The summed E-state index contributed by atoms with van der Waals surface area (Å²) >= 11 is 0. The first-order chi connectivity index (χ1) is 11.0. The van der Waals surface area contributed by atoms with Crippen molar-refractivity contribution >= 4 is 5.91 Å². The van der Waals surface area contributed by atoms with Crippen LogP contribution in [0.5, 0.6) is 0 Å². The fourth-order valence-electron chi connectivity index (χ4n) is 2.48. The Hall–Kier alpha value is -2.21. The van der Waals surface area contributed by atoms with Gasteiger partial charge in [0, 0.05) is 25.4 Å². The lowest BCUT2D eigenvalue weighted by molar-refractivity contribution is -0.122. The quantitative estimate of drug-likeness (QED) is 0.852. The average Bonchev–Trinajstić information content (AvgIpc) is 2.93. The Kier molecular flexibility index (Phi) is 5.87. The van der Waals surface area contributed by atoms with Gasteiger partial charge in [-0.3, -0.25) is 14.4 Å². The van der Waals surface area contributed by atoms with Crippen LogP contribution in [0.1, 0.15) is 30.5 Å². The maximum atomic E-state index is 12.9. The van der Waals surface area contributed by atoms with Crippen LogP contribution in [0, 0.1) is 5.82 Å². The van der Waals surface area contributed by atoms with Crippen molar-refractivity contribution in [3.05, 3.63) is 53.6 Å². The first-order valence-electron chi connectivity index (χ1n) is 7.68. The van der Waals surface area contributed by atoms with E-state index in [1.165, 1.54) is 12.1 Å². The molecule has 23 heavy (non-hydrogen) atoms. The smallest absolute Gasteiger partial charge is 0.234 e. The zero-order valence-electron chi connectivity index (χ0n) is 13.8. The summed E-state index contributed by atoms with van der Waals surface area (Å²) in [7, 11) is 3.72. The Labute approximate surface area is 136 Å². The van der Waals surface area contributed by atoms with Crippen LogP contribution in [0.3, 0.4) is 0 Å². The Balaban J connectivity index is 1.86. The van der Waals surface area contributed by atoms with Crippen LogP contribution >= 0.6 is 0 Å². The lowest BCUT2D eigenvalue weighted by Crippen LogP contribution is -2.36. The fourth-order valence-corrected chi connectivity index (χ4v) is 2.48. The molecule has 2 aromatic rings. The Morgan fingerprint density at radius 3 is 2.65 bits per heavy atom. The second kappa shape index (κ2) is 7.87. The first kappa shape index (κ1) is 17.1. The third-order valence-corrected chi connectivity index (χ3v) is 3.65. The maximum absolute atomic E-state index is 12.9. The molecule has 0 bridgehead atoms. The number of carbonyl (C=O) groups excluding carboxylic acids is 1. The number of halogens is 1. The minimum atomic E-state index is -0.253. The van der Waals surface area contributed by atoms with Crippen LogP contribution in [0.4, 0.5) is 4.39 Å². The number of nitrogens with zero attached hydrogens (tertiary/aromatic N) is 3. The lowest BCUT2D eigenvalue weighted by Gasteiger charge is -2.20. The molecule has 0 aliphatic rings. The maximum Gasteiger partial charge on any atom is 0.234 e. The molecule has 1 atom stereocenters. The Morgan fingerprint density at radius 2 is 2.09 bits per heavy atom. The molecule has 5 nitrogen and oxygen atoms in total. The predicted molar refractivity (Wildman–Crippen MR) is 87.1 cm³/mol. The molecule has 1 heterocycles. The molecular formula is C17H23FN4O. The number of nitrogens with one attached hydrogen (secondary N) is 1. The highest BCUT2D eigenvalue weighted by molar-refractivity contribution is 5.78. The summed E-state index contributed by atoms with van der Waals surface area (Å²) in [6.07, 6.45) is 4.49. The molecule has 0 spiro atoms. The largest absolute Gasteiger partial charge is 0.348 e. The topological polar surface area (TPSA) is 50.2 Å². The highest BCUT2D eigenvalue weighted by atomic mass is 19.1. The molecule has 2 rings (SSSR count). The van der Waals surface area contributed by atoms with Crippen LogP contribution in [0.15, 0.2) is 36.7 Å². The Bertz CT molecular complexity index is 638. The number of benzene rings is 1. The molecule has 0 fully saturated rings. The number of aromatic nitrogens is 2. The minimum absolute atomic E-state index is 0.0320. The van der Waals surface area contributed by atoms with Gasteiger partial charge in [0.25, 0.3) is 0 Å². The van der Waals surface area contributed by atoms with Gasteiger partial charge in [-0.1, -0.05) is 19.1 Å². The summed E-state index contributed by atoms with van der Waals surface area (Å²) < 4.78 is 14.6. The zero-order valence-corrected chi connectivity index (χ0v) is 13.8. The van der Waals surface area contributed by atoms with Crippen molar-refractivity contribution in [1.82, 2.24) is 20.0 Å². The highest BCUT2D eigenvalue weighted by Crippen LogP contribution is 2.15. The molecule has 1 aromatic carbocycles. The summed E-state index contributed by atoms with van der Waals surface area (Å²) in [5, 5.41) is 7.17. The van der Waals surface area contributed by atoms with E-state index >= 15 is 0 Å². The van der Waals surface area contributed by atoms with Crippen LogP contribution in [-0.4, -0.2) is 34.2 Å². The van der Waals surface area contributed by atoms with Crippen molar-refractivity contribution in [2.24, 2.45) is 7.05 Å². The van der Waals surface area contributed by atoms with E-state index in [9.17, 15) is 9.18 Å². The van der Waals surface area contributed by atoms with E-state index < -0.39 is 0 Å². The van der Waals surface area contributed by atoms with Crippen molar-refractivity contribution in [3.63, 3.8) is 0 Å². The van der Waals surface area contributed by atoms with Crippen molar-refractivity contribution < 1.29 is 9.18 Å². The van der Waals surface area contributed by atoms with Gasteiger partial charge in [0.05, 0.1) is 18.8 Å². The molecule has 1 amide bonds. The standard InChI is InChI=1S/C17H23FN4O/c1-4-16(14-9-19-22(3)11-14)20-17(23)12-21(2)10-13-5-7-15(18)8-6-13/h5-9,11,16H,4,10,12H2,1-3H3,(H,20,23). The molecule has 1 aromatic heterocycles. The zero-order chi connectivity index (χ0) is 16.8. The van der Waals surface area contributed by atoms with E-state index in [2.05, 4.69) is 10.4 Å². The van der Waals surface area contributed by atoms with Gasteiger partial charge in [0.1, 0.15) is 5.82 Å². The summed E-state index contributed by atoms with van der Waals surface area (Å²) in [4.78, 5) is 14.1. The molecule has 0 radical (unpaired) electrons. The monoisotopic (exact) mass is 318 g/mol. The van der Waals surface area contributed by atoms with E-state index in [0.717, 1.165) is 17.5 Å². The third-order valence-electron chi connectivity index (χ3n) is 3.65. The second-order valence-corrected chi connectivity index (χ2v) is 5.77. The van der Waals surface area contributed by atoms with Gasteiger partial charge >= 0.3 is 0 Å². The van der Waals surface area contributed by atoms with E-state index in [4.69, 9.17) is 0 Å². The van der Waals surface area contributed by atoms with Gasteiger partial charge in [0.15, 0.2) is 0 Å². The molecule has 6 heteroatoms. The average molecular weight is 318 g/mol. The molecule has 1 unspecified atom stereocenters. The minimum Gasteiger partial charge on any atom is -0.348 e.